The van der Waals surface area contributed by atoms with Gasteiger partial charge in [0.25, 0.3) is 7.43 Å². The highest BCUT2D eigenvalue weighted by Gasteiger charge is 2.19. The maximum Gasteiger partial charge on any atom is 0.261 e. The molecule has 15 heavy (non-hydrogen) atoms. The zero-order valence-electron chi connectivity index (χ0n) is 8.19. The fourth-order valence-electron chi connectivity index (χ4n) is 1.07. The second-order valence-corrected chi connectivity index (χ2v) is 7.48. The van der Waals surface area contributed by atoms with Gasteiger partial charge in [-0.15, -0.1) is 0 Å². The van der Waals surface area contributed by atoms with Crippen LogP contribution in [0, 0.1) is 0 Å². The van der Waals surface area contributed by atoms with Crippen LogP contribution in [0.2, 0.25) is 0 Å². The molecule has 0 N–H and O–H groups in total. The number of hydrogen-bond acceptors (Lipinski definition) is 4. The molecule has 0 radical (unpaired) electrons. The third-order valence-electron chi connectivity index (χ3n) is 1.85. The Morgan fingerprint density at radius 3 is 2.67 bits per heavy atom. The minimum absolute atomic E-state index is 0.747. The van der Waals surface area contributed by atoms with Crippen molar-refractivity contribution in [2.75, 3.05) is 6.16 Å². The lowest BCUT2D eigenvalue weighted by Crippen LogP contribution is -1.92. The van der Waals surface area contributed by atoms with Crippen molar-refractivity contribution in [2.45, 2.75) is 6.92 Å². The van der Waals surface area contributed by atoms with E-state index in [4.69, 9.17) is 4.52 Å². The standard InChI is InChI=1S/C8H10N3OP3/c1-2-15(10-13-9-14-11-15)12-8-6-4-3-5-7-8/h3-7H,2H2,1H3. The van der Waals surface area contributed by atoms with Gasteiger partial charge in [0.15, 0.2) is 17.0 Å². The van der Waals surface area contributed by atoms with Crippen molar-refractivity contribution in [1.29, 1.82) is 0 Å². The Labute approximate surface area is 92.2 Å². The van der Waals surface area contributed by atoms with Gasteiger partial charge in [-0.1, -0.05) is 25.1 Å². The van der Waals surface area contributed by atoms with E-state index in [-0.39, 0.29) is 0 Å². The average molecular weight is 257 g/mol. The molecule has 2 rings (SSSR count). The Morgan fingerprint density at radius 1 is 1.27 bits per heavy atom. The largest absolute Gasteiger partial charge is 0.441 e. The van der Waals surface area contributed by atoms with E-state index in [1.165, 1.54) is 0 Å². The first-order valence-corrected chi connectivity index (χ1v) is 7.92. The van der Waals surface area contributed by atoms with Crippen molar-refractivity contribution in [3.63, 3.8) is 0 Å². The van der Waals surface area contributed by atoms with Crippen molar-refractivity contribution in [3.8, 4) is 5.75 Å². The summed E-state index contributed by atoms with van der Waals surface area (Å²) in [7, 11) is -0.468. The van der Waals surface area contributed by atoms with E-state index in [0.717, 1.165) is 29.0 Å². The predicted molar refractivity (Wildman–Crippen MR) is 65.7 cm³/mol. The van der Waals surface area contributed by atoms with E-state index < -0.39 is 7.43 Å². The van der Waals surface area contributed by atoms with E-state index in [1.54, 1.807) is 0 Å². The number of hydrogen-bond donors (Lipinski definition) is 0. The highest BCUT2D eigenvalue weighted by Crippen LogP contribution is 2.58. The average Bonchev–Trinajstić information content (AvgIpc) is 2.32. The highest BCUT2D eigenvalue weighted by molar-refractivity contribution is 7.69. The number of nitrogens with zero attached hydrogens (tertiary/aromatic N) is 3. The molecule has 1 heterocycles. The maximum absolute atomic E-state index is 5.90. The molecule has 0 amide bonds. The first-order valence-electron chi connectivity index (χ1n) is 4.52. The van der Waals surface area contributed by atoms with Crippen molar-refractivity contribution < 1.29 is 4.52 Å². The highest BCUT2D eigenvalue weighted by atomic mass is 31.2. The van der Waals surface area contributed by atoms with E-state index >= 15 is 0 Å². The van der Waals surface area contributed by atoms with Crippen LogP contribution in [-0.2, 0) is 0 Å². The van der Waals surface area contributed by atoms with Crippen molar-refractivity contribution >= 4 is 24.5 Å². The van der Waals surface area contributed by atoms with Crippen LogP contribution in [0.5, 0.6) is 5.75 Å². The van der Waals surface area contributed by atoms with E-state index in [9.17, 15) is 0 Å². The fraction of sp³-hybridized carbons (Fsp3) is 0.250. The van der Waals surface area contributed by atoms with Gasteiger partial charge in [-0.3, -0.25) is 0 Å². The molecule has 1 aliphatic heterocycles. The van der Waals surface area contributed by atoms with Gasteiger partial charge in [0.2, 0.25) is 0 Å². The summed E-state index contributed by atoms with van der Waals surface area (Å²) in [6.45, 7) is 2.06. The van der Waals surface area contributed by atoms with Gasteiger partial charge in [0, 0.05) is 6.16 Å². The number of benzene rings is 1. The van der Waals surface area contributed by atoms with Crippen molar-refractivity contribution in [2.24, 2.45) is 13.5 Å². The summed E-state index contributed by atoms with van der Waals surface area (Å²) in [5.41, 5.74) is 0. The molecule has 4 nitrogen and oxygen atoms in total. The summed E-state index contributed by atoms with van der Waals surface area (Å²) in [6, 6.07) is 9.73. The lowest BCUT2D eigenvalue weighted by molar-refractivity contribution is 0.605. The molecule has 0 saturated heterocycles. The van der Waals surface area contributed by atoms with Crippen LogP contribution in [0.3, 0.4) is 0 Å². The van der Waals surface area contributed by atoms with Crippen molar-refractivity contribution in [3.05, 3.63) is 30.3 Å². The summed E-state index contributed by atoms with van der Waals surface area (Å²) in [5.74, 6) is 0.840. The summed E-state index contributed by atoms with van der Waals surface area (Å²) >= 11 is 0. The van der Waals surface area contributed by atoms with Crippen LogP contribution in [0.15, 0.2) is 43.9 Å². The molecule has 0 saturated carbocycles. The summed E-state index contributed by atoms with van der Waals surface area (Å²) in [6.07, 6.45) is 0.831. The third-order valence-corrected chi connectivity index (χ3v) is 6.69. The zero-order chi connectivity index (χ0) is 10.6. The Balaban J connectivity index is 2.27. The molecule has 78 valence electrons. The minimum Gasteiger partial charge on any atom is -0.441 e. The Kier molecular flexibility index (Phi) is 3.64. The summed E-state index contributed by atoms with van der Waals surface area (Å²) < 4.78 is 18.7. The topological polar surface area (TPSA) is 46.3 Å². The molecular formula is C8H10N3OP3. The summed E-state index contributed by atoms with van der Waals surface area (Å²) in [5, 5.41) is 0. The van der Waals surface area contributed by atoms with Crippen LogP contribution in [0.4, 0.5) is 0 Å². The fourth-order valence-corrected chi connectivity index (χ4v) is 5.51. The molecule has 1 aromatic rings. The smallest absolute Gasteiger partial charge is 0.261 e. The predicted octanol–water partition coefficient (Wildman–Crippen LogP) is 5.22. The van der Waals surface area contributed by atoms with Crippen LogP contribution in [0.25, 0.3) is 0 Å². The normalized spacial score (nSPS) is 25.7. The van der Waals surface area contributed by atoms with Gasteiger partial charge in [0.1, 0.15) is 5.75 Å². The van der Waals surface area contributed by atoms with E-state index in [1.807, 2.05) is 30.3 Å². The van der Waals surface area contributed by atoms with E-state index in [2.05, 4.69) is 20.5 Å². The molecule has 1 aliphatic rings. The second kappa shape index (κ2) is 4.99. The van der Waals surface area contributed by atoms with Gasteiger partial charge in [-0.05, 0) is 12.1 Å². The maximum atomic E-state index is 5.90. The quantitative estimate of drug-likeness (QED) is 0.684. The first-order chi connectivity index (χ1) is 7.35. The number of rotatable bonds is 3. The molecule has 0 spiro atoms. The Bertz CT molecular complexity index is 444. The lowest BCUT2D eigenvalue weighted by Gasteiger charge is -2.18. The molecule has 0 aliphatic carbocycles. The Hall–Kier alpha value is -0.550. The second-order valence-electron chi connectivity index (χ2n) is 2.83. The van der Waals surface area contributed by atoms with Crippen LogP contribution in [0.1, 0.15) is 6.92 Å². The molecule has 1 aromatic carbocycles. The third kappa shape index (κ3) is 2.72. The van der Waals surface area contributed by atoms with Gasteiger partial charge in [-0.25, -0.2) is 0 Å². The van der Waals surface area contributed by atoms with Gasteiger partial charge >= 0.3 is 0 Å². The lowest BCUT2D eigenvalue weighted by atomic mass is 10.3. The summed E-state index contributed by atoms with van der Waals surface area (Å²) in [4.78, 5) is 0. The molecule has 1 unspecified atom stereocenters. The monoisotopic (exact) mass is 257 g/mol. The van der Waals surface area contributed by atoms with Gasteiger partial charge in [0.05, 0.1) is 0 Å². The Morgan fingerprint density at radius 2 is 2.07 bits per heavy atom. The first kappa shape index (κ1) is 11.0. The van der Waals surface area contributed by atoms with Crippen LogP contribution in [-0.4, -0.2) is 6.16 Å². The van der Waals surface area contributed by atoms with Crippen molar-refractivity contribution in [1.82, 2.24) is 0 Å². The molecule has 0 fully saturated rings. The molecule has 0 aromatic heterocycles. The van der Waals surface area contributed by atoms with Crippen LogP contribution >= 0.6 is 24.5 Å². The molecular weight excluding hydrogens is 247 g/mol. The molecule has 0 bridgehead atoms. The SMILES string of the molecule is CCP1(Oc2ccccc2)=NP=NP=N1. The van der Waals surface area contributed by atoms with Gasteiger partial charge in [-0.2, -0.15) is 13.5 Å². The van der Waals surface area contributed by atoms with E-state index in [0.29, 0.717) is 0 Å². The van der Waals surface area contributed by atoms with Gasteiger partial charge < -0.3 is 4.52 Å². The number of para-hydroxylation sites is 1. The zero-order valence-corrected chi connectivity index (χ0v) is 10.9. The minimum atomic E-state index is -1.96. The molecule has 1 atom stereocenters. The van der Waals surface area contributed by atoms with Crippen LogP contribution < -0.4 is 4.52 Å². The molecule has 7 heteroatoms.